The van der Waals surface area contributed by atoms with Crippen molar-refractivity contribution in [3.8, 4) is 0 Å². The van der Waals surface area contributed by atoms with Gasteiger partial charge in [0.1, 0.15) is 4.90 Å². The van der Waals surface area contributed by atoms with E-state index in [1.54, 1.807) is 10.7 Å². The highest BCUT2D eigenvalue weighted by Gasteiger charge is 2.13. The van der Waals surface area contributed by atoms with Crippen LogP contribution in [0.15, 0.2) is 35.5 Å². The lowest BCUT2D eigenvalue weighted by molar-refractivity contribution is 0.580. The maximum atomic E-state index is 12.0. The average molecular weight is 295 g/mol. The largest absolute Gasteiger partial charge is 0.325 e. The zero-order chi connectivity index (χ0) is 14.6. The Bertz CT molecular complexity index is 663. The molecule has 0 unspecified atom stereocenters. The Hall–Kier alpha value is -1.77. The van der Waals surface area contributed by atoms with Gasteiger partial charge in [-0.1, -0.05) is 0 Å². The second-order valence-corrected chi connectivity index (χ2v) is 6.08. The first kappa shape index (κ1) is 14.6. The number of nitrogens with zero attached hydrogens (tertiary/aromatic N) is 3. The van der Waals surface area contributed by atoms with Gasteiger partial charge in [-0.15, -0.1) is 0 Å². The maximum absolute atomic E-state index is 12.0. The minimum atomic E-state index is -3.54. The predicted octanol–water partition coefficient (Wildman–Crippen LogP) is -0.205. The van der Waals surface area contributed by atoms with E-state index >= 15 is 0 Å². The Labute approximate surface area is 117 Å². The van der Waals surface area contributed by atoms with Crippen LogP contribution in [0.25, 0.3) is 0 Å². The molecule has 3 N–H and O–H groups in total. The van der Waals surface area contributed by atoms with Crippen LogP contribution in [-0.4, -0.2) is 29.7 Å². The highest BCUT2D eigenvalue weighted by atomic mass is 32.2. The molecule has 2 rings (SSSR count). The van der Waals surface area contributed by atoms with E-state index < -0.39 is 10.0 Å². The number of nitrogens with one attached hydrogen (secondary N) is 1. The van der Waals surface area contributed by atoms with Crippen LogP contribution >= 0.6 is 0 Å². The molecule has 0 atom stereocenters. The summed E-state index contributed by atoms with van der Waals surface area (Å²) in [7, 11) is -1.72. The molecule has 0 spiro atoms. The quantitative estimate of drug-likeness (QED) is 0.768. The Morgan fingerprint density at radius 2 is 2.10 bits per heavy atom. The molecule has 0 bridgehead atoms. The van der Waals surface area contributed by atoms with Gasteiger partial charge in [0, 0.05) is 39.0 Å². The van der Waals surface area contributed by atoms with Gasteiger partial charge in [0.25, 0.3) is 0 Å². The normalized spacial score (nSPS) is 11.7. The Balaban J connectivity index is 1.96. The summed E-state index contributed by atoms with van der Waals surface area (Å²) in [6.07, 6.45) is 3.67. The number of pyridine rings is 1. The number of hydrogen-bond acceptors (Lipinski definition) is 5. The highest BCUT2D eigenvalue weighted by molar-refractivity contribution is 7.89. The molecule has 108 valence electrons. The molecule has 2 heterocycles. The third kappa shape index (κ3) is 3.62. The molecule has 0 radical (unpaired) electrons. The summed E-state index contributed by atoms with van der Waals surface area (Å²) >= 11 is 0. The molecule has 0 amide bonds. The summed E-state index contributed by atoms with van der Waals surface area (Å²) in [5, 5.41) is 4.18. The van der Waals surface area contributed by atoms with Gasteiger partial charge < -0.3 is 5.73 Å². The second-order valence-electron chi connectivity index (χ2n) is 4.32. The first-order valence-electron chi connectivity index (χ1n) is 6.14. The fourth-order valence-corrected chi connectivity index (χ4v) is 2.66. The smallest absolute Gasteiger partial charge is 0.242 e. The van der Waals surface area contributed by atoms with Crippen LogP contribution in [0.3, 0.4) is 0 Å². The van der Waals surface area contributed by atoms with Crippen molar-refractivity contribution in [2.75, 3.05) is 6.54 Å². The van der Waals surface area contributed by atoms with E-state index in [0.717, 1.165) is 5.69 Å². The monoisotopic (exact) mass is 295 g/mol. The van der Waals surface area contributed by atoms with Gasteiger partial charge >= 0.3 is 0 Å². The number of hydrogen-bond donors (Lipinski definition) is 2. The summed E-state index contributed by atoms with van der Waals surface area (Å²) in [6, 6.07) is 4.96. The molecule has 0 saturated heterocycles. The summed E-state index contributed by atoms with van der Waals surface area (Å²) in [6.45, 7) is 0.575. The van der Waals surface area contributed by atoms with Crippen LogP contribution in [-0.2, 0) is 30.0 Å². The number of aryl methyl sites for hydroxylation is 1. The van der Waals surface area contributed by atoms with E-state index in [1.807, 2.05) is 19.3 Å². The fourth-order valence-electron chi connectivity index (χ4n) is 1.68. The third-order valence-corrected chi connectivity index (χ3v) is 4.21. The van der Waals surface area contributed by atoms with E-state index in [1.165, 1.54) is 12.3 Å². The predicted molar refractivity (Wildman–Crippen MR) is 74.2 cm³/mol. The molecule has 0 saturated carbocycles. The van der Waals surface area contributed by atoms with Crippen molar-refractivity contribution < 1.29 is 8.42 Å². The SMILES string of the molecule is Cn1ccc(CCNS(=O)(=O)c2ccc(CN)nc2)n1. The van der Waals surface area contributed by atoms with Crippen molar-refractivity contribution in [3.63, 3.8) is 0 Å². The van der Waals surface area contributed by atoms with Gasteiger partial charge in [-0.05, 0) is 18.2 Å². The summed E-state index contributed by atoms with van der Waals surface area (Å²) < 4.78 is 28.2. The average Bonchev–Trinajstić information content (AvgIpc) is 2.84. The summed E-state index contributed by atoms with van der Waals surface area (Å²) in [5.74, 6) is 0. The lowest BCUT2D eigenvalue weighted by Gasteiger charge is -2.06. The number of aromatic nitrogens is 3. The Kier molecular flexibility index (Phi) is 4.48. The van der Waals surface area contributed by atoms with Gasteiger partial charge in [0.05, 0.1) is 11.4 Å². The molecular formula is C12H17N5O2S. The standard InChI is InChI=1S/C12H17N5O2S/c1-17-7-5-10(16-17)4-6-15-20(18,19)12-3-2-11(8-13)14-9-12/h2-3,5,7,9,15H,4,6,8,13H2,1H3. The third-order valence-electron chi connectivity index (χ3n) is 2.76. The van der Waals surface area contributed by atoms with E-state index in [-0.39, 0.29) is 18.0 Å². The van der Waals surface area contributed by atoms with Gasteiger partial charge in [-0.2, -0.15) is 5.10 Å². The second kappa shape index (κ2) is 6.12. The minimum absolute atomic E-state index is 0.135. The molecule has 0 aliphatic heterocycles. The highest BCUT2D eigenvalue weighted by Crippen LogP contribution is 2.07. The zero-order valence-electron chi connectivity index (χ0n) is 11.2. The van der Waals surface area contributed by atoms with E-state index in [2.05, 4.69) is 14.8 Å². The van der Waals surface area contributed by atoms with Gasteiger partial charge in [0.2, 0.25) is 10.0 Å². The van der Waals surface area contributed by atoms with Crippen LogP contribution in [0, 0.1) is 0 Å². The van der Waals surface area contributed by atoms with Crippen LogP contribution < -0.4 is 10.5 Å². The minimum Gasteiger partial charge on any atom is -0.325 e. The number of rotatable bonds is 6. The van der Waals surface area contributed by atoms with Crippen LogP contribution in [0.2, 0.25) is 0 Å². The first-order valence-corrected chi connectivity index (χ1v) is 7.63. The molecule has 0 aliphatic carbocycles. The molecule has 0 aliphatic rings. The lowest BCUT2D eigenvalue weighted by Crippen LogP contribution is -2.26. The maximum Gasteiger partial charge on any atom is 0.242 e. The van der Waals surface area contributed by atoms with Crippen molar-refractivity contribution in [2.24, 2.45) is 12.8 Å². The van der Waals surface area contributed by atoms with Crippen molar-refractivity contribution in [3.05, 3.63) is 42.0 Å². The Morgan fingerprint density at radius 1 is 1.30 bits per heavy atom. The van der Waals surface area contributed by atoms with Crippen molar-refractivity contribution in [1.29, 1.82) is 0 Å². The fraction of sp³-hybridized carbons (Fsp3) is 0.333. The number of sulfonamides is 1. The van der Waals surface area contributed by atoms with Crippen molar-refractivity contribution in [2.45, 2.75) is 17.9 Å². The molecule has 7 nitrogen and oxygen atoms in total. The Morgan fingerprint density at radius 3 is 2.65 bits per heavy atom. The van der Waals surface area contributed by atoms with Crippen LogP contribution in [0.4, 0.5) is 0 Å². The molecule has 0 fully saturated rings. The molecule has 0 aromatic carbocycles. The van der Waals surface area contributed by atoms with Crippen molar-refractivity contribution in [1.82, 2.24) is 19.5 Å². The van der Waals surface area contributed by atoms with Crippen molar-refractivity contribution >= 4 is 10.0 Å². The summed E-state index contributed by atoms with van der Waals surface area (Å²) in [4.78, 5) is 4.11. The van der Waals surface area contributed by atoms with Gasteiger partial charge in [-0.3, -0.25) is 9.67 Å². The van der Waals surface area contributed by atoms with E-state index in [0.29, 0.717) is 12.1 Å². The van der Waals surface area contributed by atoms with Gasteiger partial charge in [-0.25, -0.2) is 13.1 Å². The lowest BCUT2D eigenvalue weighted by atomic mass is 10.3. The zero-order valence-corrected chi connectivity index (χ0v) is 12.0. The molecule has 8 heteroatoms. The molecule has 20 heavy (non-hydrogen) atoms. The first-order chi connectivity index (χ1) is 9.51. The molecular weight excluding hydrogens is 278 g/mol. The molecule has 2 aromatic heterocycles. The van der Waals surface area contributed by atoms with E-state index in [9.17, 15) is 8.42 Å². The molecule has 2 aromatic rings. The summed E-state index contributed by atoms with van der Waals surface area (Å²) in [5.41, 5.74) is 6.91. The number of nitrogens with two attached hydrogens (primary N) is 1. The van der Waals surface area contributed by atoms with Crippen LogP contribution in [0.5, 0.6) is 0 Å². The topological polar surface area (TPSA) is 103 Å². The van der Waals surface area contributed by atoms with Gasteiger partial charge in [0.15, 0.2) is 0 Å². The van der Waals surface area contributed by atoms with Crippen LogP contribution in [0.1, 0.15) is 11.4 Å². The van der Waals surface area contributed by atoms with E-state index in [4.69, 9.17) is 5.73 Å².